The Bertz CT molecular complexity index is 493. The van der Waals surface area contributed by atoms with Crippen LogP contribution in [-0.2, 0) is 4.79 Å². The van der Waals surface area contributed by atoms with Crippen LogP contribution in [0.4, 0.5) is 0 Å². The van der Waals surface area contributed by atoms with Crippen LogP contribution in [0.2, 0.25) is 0 Å². The normalized spacial score (nSPS) is 17.3. The van der Waals surface area contributed by atoms with Crippen molar-refractivity contribution in [3.8, 4) is 0 Å². The van der Waals surface area contributed by atoms with Crippen molar-refractivity contribution >= 4 is 43.1 Å². The number of nitrogens with two attached hydrogens (primary N) is 1. The highest BCUT2D eigenvalue weighted by atomic mass is 35.5. The molecule has 1 heterocycles. The average molecular weight is 414 g/mol. The highest BCUT2D eigenvalue weighted by Gasteiger charge is 2.20. The van der Waals surface area contributed by atoms with Gasteiger partial charge >= 0.3 is 0 Å². The van der Waals surface area contributed by atoms with Crippen LogP contribution in [0.25, 0.3) is 0 Å². The van der Waals surface area contributed by atoms with Crippen LogP contribution in [0.3, 0.4) is 0 Å². The van der Waals surface area contributed by atoms with E-state index in [1.54, 1.807) is 0 Å². The van der Waals surface area contributed by atoms with Gasteiger partial charge in [-0.3, -0.25) is 9.69 Å². The molecule has 2 atom stereocenters. The van der Waals surface area contributed by atoms with E-state index in [0.29, 0.717) is 0 Å². The summed E-state index contributed by atoms with van der Waals surface area (Å²) in [7, 11) is 2.14. The topological polar surface area (TPSA) is 61.6 Å². The van der Waals surface area contributed by atoms with E-state index in [-0.39, 0.29) is 49.2 Å². The van der Waals surface area contributed by atoms with Crippen molar-refractivity contribution in [1.82, 2.24) is 15.1 Å². The van der Waals surface area contributed by atoms with Gasteiger partial charge < -0.3 is 16.0 Å². The number of nitrogens with one attached hydrogen (secondary N) is 1. The monoisotopic (exact) mass is 412 g/mol. The molecule has 8 heteroatoms. The van der Waals surface area contributed by atoms with Gasteiger partial charge in [0.25, 0.3) is 0 Å². The number of piperazine rings is 1. The first-order valence-electron chi connectivity index (χ1n) is 7.99. The van der Waals surface area contributed by atoms with Gasteiger partial charge in [0.05, 0.1) is 0 Å². The molecule has 1 saturated heterocycles. The summed E-state index contributed by atoms with van der Waals surface area (Å²) in [6.45, 7) is 9.22. The zero-order chi connectivity index (χ0) is 16.1. The van der Waals surface area contributed by atoms with E-state index in [1.807, 2.05) is 38.1 Å². The average Bonchev–Trinajstić information content (AvgIpc) is 2.49. The van der Waals surface area contributed by atoms with Gasteiger partial charge in [-0.25, -0.2) is 0 Å². The van der Waals surface area contributed by atoms with Gasteiger partial charge in [-0.1, -0.05) is 29.8 Å². The maximum atomic E-state index is 12.3. The second-order valence-electron chi connectivity index (χ2n) is 6.40. The van der Waals surface area contributed by atoms with Crippen molar-refractivity contribution in [3.63, 3.8) is 0 Å². The fourth-order valence-corrected chi connectivity index (χ4v) is 2.72. The Morgan fingerprint density at radius 1 is 1.12 bits per heavy atom. The molecule has 0 aromatic heterocycles. The van der Waals surface area contributed by atoms with Crippen molar-refractivity contribution in [2.24, 2.45) is 5.73 Å². The minimum atomic E-state index is -0.601. The molecule has 1 fully saturated rings. The maximum Gasteiger partial charge on any atom is 0.241 e. The van der Waals surface area contributed by atoms with Gasteiger partial charge in [0.1, 0.15) is 6.04 Å². The second kappa shape index (κ2) is 12.7. The minimum absolute atomic E-state index is 0. The predicted octanol–water partition coefficient (Wildman–Crippen LogP) is 2.01. The largest absolute Gasteiger partial charge is 0.351 e. The van der Waals surface area contributed by atoms with E-state index in [4.69, 9.17) is 5.73 Å². The Morgan fingerprint density at radius 2 is 1.64 bits per heavy atom. The molecule has 1 aliphatic heterocycles. The Morgan fingerprint density at radius 3 is 2.16 bits per heavy atom. The number of amides is 1. The fourth-order valence-electron chi connectivity index (χ4n) is 2.72. The van der Waals surface area contributed by atoms with E-state index < -0.39 is 6.04 Å². The van der Waals surface area contributed by atoms with Gasteiger partial charge in [-0.15, -0.1) is 37.2 Å². The van der Waals surface area contributed by atoms with Crippen LogP contribution in [0.15, 0.2) is 24.3 Å². The Hall–Kier alpha value is -0.560. The molecule has 0 spiro atoms. The number of likely N-dealkylation sites (N-methyl/N-ethyl adjacent to an activating group) is 1. The summed E-state index contributed by atoms with van der Waals surface area (Å²) < 4.78 is 0. The molecule has 1 aromatic carbocycles. The Kier molecular flexibility index (Phi) is 13.6. The number of hydrogen-bond donors (Lipinski definition) is 2. The number of halogens is 3. The summed E-state index contributed by atoms with van der Waals surface area (Å²) in [6.07, 6.45) is 0. The third-order valence-corrected chi connectivity index (χ3v) is 4.24. The first-order valence-corrected chi connectivity index (χ1v) is 7.99. The van der Waals surface area contributed by atoms with Crippen LogP contribution in [0, 0.1) is 6.92 Å². The minimum Gasteiger partial charge on any atom is -0.351 e. The third-order valence-electron chi connectivity index (χ3n) is 4.24. The van der Waals surface area contributed by atoms with E-state index in [9.17, 15) is 4.79 Å². The maximum absolute atomic E-state index is 12.3. The molecule has 0 saturated carbocycles. The first kappa shape index (κ1) is 26.7. The van der Waals surface area contributed by atoms with E-state index in [0.717, 1.165) is 38.3 Å². The molecule has 2 rings (SSSR count). The van der Waals surface area contributed by atoms with Crippen molar-refractivity contribution in [3.05, 3.63) is 35.4 Å². The molecule has 0 radical (unpaired) electrons. The number of aryl methyl sites for hydroxylation is 1. The summed E-state index contributed by atoms with van der Waals surface area (Å²) in [5.41, 5.74) is 8.08. The van der Waals surface area contributed by atoms with Crippen molar-refractivity contribution < 1.29 is 4.79 Å². The molecule has 25 heavy (non-hydrogen) atoms. The summed E-state index contributed by atoms with van der Waals surface area (Å²) >= 11 is 0. The molecule has 146 valence electrons. The highest BCUT2D eigenvalue weighted by molar-refractivity contribution is 5.86. The molecule has 3 N–H and O–H groups in total. The SMILES string of the molecule is Cc1ccc(C(N)C(=O)NC(C)CN2CCN(C)CC2)cc1.Cl.Cl.Cl. The van der Waals surface area contributed by atoms with Crippen LogP contribution in [0.1, 0.15) is 24.1 Å². The lowest BCUT2D eigenvalue weighted by Gasteiger charge is -2.34. The number of hydrogen-bond acceptors (Lipinski definition) is 4. The zero-order valence-corrected chi connectivity index (χ0v) is 17.6. The molecule has 1 aromatic rings. The van der Waals surface area contributed by atoms with Crippen molar-refractivity contribution in [2.75, 3.05) is 39.8 Å². The van der Waals surface area contributed by atoms with E-state index in [2.05, 4.69) is 22.2 Å². The highest BCUT2D eigenvalue weighted by Crippen LogP contribution is 2.12. The molecule has 0 bridgehead atoms. The summed E-state index contributed by atoms with van der Waals surface area (Å²) in [5.74, 6) is -0.106. The molecule has 0 aliphatic carbocycles. The summed E-state index contributed by atoms with van der Waals surface area (Å²) in [6, 6.07) is 7.31. The number of nitrogens with zero attached hydrogens (tertiary/aromatic N) is 2. The van der Waals surface area contributed by atoms with Gasteiger partial charge in [0, 0.05) is 38.8 Å². The Labute approximate surface area is 169 Å². The van der Waals surface area contributed by atoms with E-state index >= 15 is 0 Å². The molecule has 1 amide bonds. The van der Waals surface area contributed by atoms with Gasteiger partial charge in [-0.2, -0.15) is 0 Å². The van der Waals surface area contributed by atoms with Gasteiger partial charge in [0.15, 0.2) is 0 Å². The van der Waals surface area contributed by atoms with Gasteiger partial charge in [-0.05, 0) is 26.5 Å². The summed E-state index contributed by atoms with van der Waals surface area (Å²) in [4.78, 5) is 17.0. The number of carbonyl (C=O) groups is 1. The predicted molar refractivity (Wildman–Crippen MR) is 111 cm³/mol. The van der Waals surface area contributed by atoms with Crippen LogP contribution < -0.4 is 11.1 Å². The zero-order valence-electron chi connectivity index (χ0n) is 15.1. The number of carbonyl (C=O) groups excluding carboxylic acids is 1. The third kappa shape index (κ3) is 8.58. The van der Waals surface area contributed by atoms with Gasteiger partial charge in [0.2, 0.25) is 5.91 Å². The van der Waals surface area contributed by atoms with Crippen LogP contribution >= 0.6 is 37.2 Å². The lowest BCUT2D eigenvalue weighted by molar-refractivity contribution is -0.123. The first-order chi connectivity index (χ1) is 10.5. The quantitative estimate of drug-likeness (QED) is 0.775. The van der Waals surface area contributed by atoms with Crippen molar-refractivity contribution in [2.45, 2.75) is 25.9 Å². The van der Waals surface area contributed by atoms with Crippen LogP contribution in [-0.4, -0.2) is 61.5 Å². The number of rotatable bonds is 5. The lowest BCUT2D eigenvalue weighted by Crippen LogP contribution is -2.50. The summed E-state index contributed by atoms with van der Waals surface area (Å²) in [5, 5.41) is 3.03. The number of benzene rings is 1. The Balaban J connectivity index is 0. The second-order valence-corrected chi connectivity index (χ2v) is 6.40. The molecule has 1 aliphatic rings. The molecule has 2 unspecified atom stereocenters. The smallest absolute Gasteiger partial charge is 0.241 e. The standard InChI is InChI=1S/C17H28N4O.3ClH/c1-13-4-6-15(7-5-13)16(18)17(22)19-14(2)12-21-10-8-20(3)9-11-21;;;/h4-7,14,16H,8-12,18H2,1-3H3,(H,19,22);3*1H. The lowest BCUT2D eigenvalue weighted by atomic mass is 10.1. The molecule has 5 nitrogen and oxygen atoms in total. The molecular formula is C17H31Cl3N4O. The van der Waals surface area contributed by atoms with Crippen LogP contribution in [0.5, 0.6) is 0 Å². The fraction of sp³-hybridized carbons (Fsp3) is 0.588. The van der Waals surface area contributed by atoms with E-state index in [1.165, 1.54) is 5.56 Å². The molecular weight excluding hydrogens is 383 g/mol. The van der Waals surface area contributed by atoms with Crippen molar-refractivity contribution in [1.29, 1.82) is 0 Å².